The Morgan fingerprint density at radius 2 is 1.96 bits per heavy atom. The van der Waals surface area contributed by atoms with Crippen LogP contribution in [0.2, 0.25) is 0 Å². The number of rotatable bonds is 5. The van der Waals surface area contributed by atoms with Crippen LogP contribution in [0.15, 0.2) is 52.2 Å². The van der Waals surface area contributed by atoms with Gasteiger partial charge in [-0.05, 0) is 26.0 Å². The number of thiazole rings is 1. The molecular weight excluding hydrogens is 380 g/mol. The van der Waals surface area contributed by atoms with Crippen molar-refractivity contribution < 1.29 is 14.3 Å². The average Bonchev–Trinajstić information content (AvgIpc) is 3.31. The minimum Gasteiger partial charge on any atom is -0.454 e. The van der Waals surface area contributed by atoms with Crippen molar-refractivity contribution in [1.29, 1.82) is 0 Å². The molecule has 5 nitrogen and oxygen atoms in total. The van der Waals surface area contributed by atoms with Gasteiger partial charge in [-0.3, -0.25) is 4.79 Å². The number of fused-ring (bicyclic) bond motifs is 1. The van der Waals surface area contributed by atoms with Crippen LogP contribution in [-0.4, -0.2) is 22.9 Å². The first-order chi connectivity index (χ1) is 13.1. The van der Waals surface area contributed by atoms with E-state index < -0.39 is 0 Å². The second-order valence-electron chi connectivity index (χ2n) is 6.18. The molecule has 1 aromatic heterocycles. The molecule has 0 bridgehead atoms. The predicted molar refractivity (Wildman–Crippen MR) is 109 cm³/mol. The Kier molecular flexibility index (Phi) is 5.05. The summed E-state index contributed by atoms with van der Waals surface area (Å²) in [5.41, 5.74) is 3.93. The van der Waals surface area contributed by atoms with E-state index in [1.54, 1.807) is 23.5 Å². The summed E-state index contributed by atoms with van der Waals surface area (Å²) < 4.78 is 11.5. The van der Waals surface area contributed by atoms with Crippen LogP contribution in [0.4, 0.5) is 5.69 Å². The van der Waals surface area contributed by atoms with Gasteiger partial charge in [0.15, 0.2) is 15.8 Å². The van der Waals surface area contributed by atoms with Crippen molar-refractivity contribution in [2.75, 3.05) is 12.1 Å². The number of ether oxygens (including phenoxy) is 2. The van der Waals surface area contributed by atoms with Gasteiger partial charge in [0.25, 0.3) is 0 Å². The molecule has 1 N–H and O–H groups in total. The monoisotopic (exact) mass is 398 g/mol. The summed E-state index contributed by atoms with van der Waals surface area (Å²) in [6, 6.07) is 13.7. The van der Waals surface area contributed by atoms with Gasteiger partial charge in [0, 0.05) is 22.7 Å². The predicted octanol–water partition coefficient (Wildman–Crippen LogP) is 4.97. The van der Waals surface area contributed by atoms with Gasteiger partial charge >= 0.3 is 0 Å². The third-order valence-electron chi connectivity index (χ3n) is 4.12. The summed E-state index contributed by atoms with van der Waals surface area (Å²) in [6.45, 7) is 4.15. The molecule has 1 atom stereocenters. The van der Waals surface area contributed by atoms with Gasteiger partial charge in [0.1, 0.15) is 0 Å². The second-order valence-corrected chi connectivity index (χ2v) is 8.63. The molecule has 2 aromatic carbocycles. The van der Waals surface area contributed by atoms with Gasteiger partial charge in [-0.2, -0.15) is 0 Å². The summed E-state index contributed by atoms with van der Waals surface area (Å²) in [7, 11) is 0. The fourth-order valence-electron chi connectivity index (χ4n) is 2.59. The highest BCUT2D eigenvalue weighted by Crippen LogP contribution is 2.35. The normalized spacial score (nSPS) is 13.4. The molecule has 0 saturated heterocycles. The smallest absolute Gasteiger partial charge is 0.237 e. The number of nitrogens with zero attached hydrogens (tertiary/aromatic N) is 1. The SMILES string of the molecule is Cc1ccc(-c2csc(S[C@@H](C)C(=O)Nc3ccc4c(c3)OCO4)n2)cc1. The first-order valence-corrected chi connectivity index (χ1v) is 10.2. The number of carbonyl (C=O) groups excluding carboxylic acids is 1. The number of benzene rings is 2. The van der Waals surface area contributed by atoms with E-state index in [0.717, 1.165) is 15.6 Å². The zero-order valence-electron chi connectivity index (χ0n) is 14.9. The molecule has 0 radical (unpaired) electrons. The van der Waals surface area contributed by atoms with Gasteiger partial charge in [0.05, 0.1) is 10.9 Å². The minimum atomic E-state index is -0.271. The molecule has 27 heavy (non-hydrogen) atoms. The van der Waals surface area contributed by atoms with E-state index in [9.17, 15) is 4.79 Å². The molecule has 0 aliphatic carbocycles. The van der Waals surface area contributed by atoms with E-state index in [2.05, 4.69) is 41.5 Å². The Bertz CT molecular complexity index is 970. The highest BCUT2D eigenvalue weighted by Gasteiger charge is 2.19. The maximum Gasteiger partial charge on any atom is 0.237 e. The van der Waals surface area contributed by atoms with Crippen molar-refractivity contribution in [2.45, 2.75) is 23.4 Å². The molecule has 0 fully saturated rings. The maximum atomic E-state index is 12.5. The summed E-state index contributed by atoms with van der Waals surface area (Å²) in [5, 5.41) is 4.67. The Morgan fingerprint density at radius 1 is 1.19 bits per heavy atom. The summed E-state index contributed by atoms with van der Waals surface area (Å²) in [6.07, 6.45) is 0. The van der Waals surface area contributed by atoms with E-state index in [1.807, 2.05) is 18.4 Å². The van der Waals surface area contributed by atoms with Gasteiger partial charge < -0.3 is 14.8 Å². The molecule has 0 unspecified atom stereocenters. The lowest BCUT2D eigenvalue weighted by atomic mass is 10.1. The summed E-state index contributed by atoms with van der Waals surface area (Å²) >= 11 is 3.01. The van der Waals surface area contributed by atoms with Crippen LogP contribution in [0.25, 0.3) is 11.3 Å². The minimum absolute atomic E-state index is 0.0778. The third kappa shape index (κ3) is 4.09. The largest absolute Gasteiger partial charge is 0.454 e. The molecule has 138 valence electrons. The lowest BCUT2D eigenvalue weighted by Crippen LogP contribution is -2.22. The van der Waals surface area contributed by atoms with E-state index in [0.29, 0.717) is 17.2 Å². The molecular formula is C20H18N2O3S2. The molecule has 0 spiro atoms. The van der Waals surface area contributed by atoms with E-state index in [4.69, 9.17) is 9.47 Å². The van der Waals surface area contributed by atoms with Crippen LogP contribution in [0.5, 0.6) is 11.5 Å². The molecule has 0 saturated carbocycles. The first kappa shape index (κ1) is 17.9. The topological polar surface area (TPSA) is 60.5 Å². The maximum absolute atomic E-state index is 12.5. The number of carbonyl (C=O) groups is 1. The van der Waals surface area contributed by atoms with Crippen LogP contribution >= 0.6 is 23.1 Å². The number of aromatic nitrogens is 1. The molecule has 2 heterocycles. The van der Waals surface area contributed by atoms with Crippen molar-refractivity contribution in [1.82, 2.24) is 4.98 Å². The second kappa shape index (κ2) is 7.62. The Balaban J connectivity index is 1.39. The number of amides is 1. The summed E-state index contributed by atoms with van der Waals surface area (Å²) in [5.74, 6) is 1.27. The number of nitrogens with one attached hydrogen (secondary N) is 1. The lowest BCUT2D eigenvalue weighted by Gasteiger charge is -2.11. The van der Waals surface area contributed by atoms with Crippen molar-refractivity contribution in [3.63, 3.8) is 0 Å². The van der Waals surface area contributed by atoms with Crippen LogP contribution in [0.3, 0.4) is 0 Å². The average molecular weight is 399 g/mol. The third-order valence-corrected chi connectivity index (χ3v) is 6.19. The van der Waals surface area contributed by atoms with E-state index in [-0.39, 0.29) is 18.0 Å². The fraction of sp³-hybridized carbons (Fsp3) is 0.200. The van der Waals surface area contributed by atoms with Gasteiger partial charge in [-0.15, -0.1) is 11.3 Å². The number of hydrogen-bond acceptors (Lipinski definition) is 6. The van der Waals surface area contributed by atoms with Gasteiger partial charge in [-0.25, -0.2) is 4.98 Å². The van der Waals surface area contributed by atoms with Crippen LogP contribution in [-0.2, 0) is 4.79 Å². The van der Waals surface area contributed by atoms with Gasteiger partial charge in [0.2, 0.25) is 12.7 Å². The number of hydrogen-bond donors (Lipinski definition) is 1. The quantitative estimate of drug-likeness (QED) is 0.615. The van der Waals surface area contributed by atoms with E-state index >= 15 is 0 Å². The summed E-state index contributed by atoms with van der Waals surface area (Å²) in [4.78, 5) is 17.2. The van der Waals surface area contributed by atoms with Crippen molar-refractivity contribution in [3.8, 4) is 22.8 Å². The zero-order valence-corrected chi connectivity index (χ0v) is 16.5. The Labute approximate surface area is 165 Å². The van der Waals surface area contributed by atoms with Crippen LogP contribution in [0.1, 0.15) is 12.5 Å². The van der Waals surface area contributed by atoms with Crippen molar-refractivity contribution in [2.24, 2.45) is 0 Å². The Hall–Kier alpha value is -2.51. The van der Waals surface area contributed by atoms with Crippen LogP contribution in [0, 0.1) is 6.92 Å². The highest BCUT2D eigenvalue weighted by atomic mass is 32.2. The first-order valence-electron chi connectivity index (χ1n) is 8.48. The molecule has 1 amide bonds. The number of thioether (sulfide) groups is 1. The Morgan fingerprint density at radius 3 is 2.78 bits per heavy atom. The van der Waals surface area contributed by atoms with Gasteiger partial charge in [-0.1, -0.05) is 41.6 Å². The van der Waals surface area contributed by atoms with Crippen molar-refractivity contribution >= 4 is 34.7 Å². The number of anilines is 1. The molecule has 4 rings (SSSR count). The van der Waals surface area contributed by atoms with Crippen LogP contribution < -0.4 is 14.8 Å². The molecule has 1 aliphatic rings. The van der Waals surface area contributed by atoms with E-state index in [1.165, 1.54) is 17.3 Å². The fourth-order valence-corrected chi connectivity index (χ4v) is 4.56. The molecule has 7 heteroatoms. The highest BCUT2D eigenvalue weighted by molar-refractivity contribution is 8.02. The molecule has 1 aliphatic heterocycles. The lowest BCUT2D eigenvalue weighted by molar-refractivity contribution is -0.115. The number of aryl methyl sites for hydroxylation is 1. The zero-order chi connectivity index (χ0) is 18.8. The molecule has 3 aromatic rings. The standard InChI is InChI=1S/C20H18N2O3S2/c1-12-3-5-14(6-4-12)16-10-26-20(22-16)27-13(2)19(23)21-15-7-8-17-18(9-15)25-11-24-17/h3-10,13H,11H2,1-2H3,(H,21,23)/t13-/m0/s1. The van der Waals surface area contributed by atoms with Crippen molar-refractivity contribution in [3.05, 3.63) is 53.4 Å².